The minimum Gasteiger partial charge on any atom is -0.307 e. The van der Waals surface area contributed by atoms with E-state index < -0.39 is 23.3 Å². The first-order valence-corrected chi connectivity index (χ1v) is 9.18. The van der Waals surface area contributed by atoms with Gasteiger partial charge in [0.25, 0.3) is 11.5 Å². The lowest BCUT2D eigenvalue weighted by molar-refractivity contribution is -0.140. The number of halogens is 3. The van der Waals surface area contributed by atoms with E-state index in [9.17, 15) is 22.8 Å². The van der Waals surface area contributed by atoms with Crippen LogP contribution in [-0.2, 0) is 13.2 Å². The number of anilines is 1. The molecule has 160 valence electrons. The molecular weight excluding hydrogens is 413 g/mol. The van der Waals surface area contributed by atoms with Gasteiger partial charge in [0.1, 0.15) is 17.1 Å². The number of carbonyl (C=O) groups excluding carboxylic acids is 1. The fourth-order valence-corrected chi connectivity index (χ4v) is 3.43. The van der Waals surface area contributed by atoms with E-state index in [1.807, 2.05) is 0 Å². The molecule has 2 N–H and O–H groups in total. The standard InChI is InChI=1S/C20H17F3N6O2/c1-10-9-13(28(3)26-10)25-18(30)14-11(2)24-17-15(12-7-5-4-6-8-12)16(20(21,22)23)27-29(17)19(14)31/h4-9,27H,1-3H3,(H,25,30). The monoisotopic (exact) mass is 430 g/mol. The van der Waals surface area contributed by atoms with Crippen molar-refractivity contribution in [1.82, 2.24) is 24.4 Å². The van der Waals surface area contributed by atoms with Gasteiger partial charge in [-0.05, 0) is 19.4 Å². The fourth-order valence-electron chi connectivity index (χ4n) is 3.43. The van der Waals surface area contributed by atoms with E-state index in [1.165, 1.54) is 23.7 Å². The molecule has 0 saturated carbocycles. The lowest BCUT2D eigenvalue weighted by Crippen LogP contribution is -2.29. The van der Waals surface area contributed by atoms with Crippen molar-refractivity contribution >= 4 is 17.4 Å². The number of nitrogens with one attached hydrogen (secondary N) is 2. The van der Waals surface area contributed by atoms with Gasteiger partial charge in [-0.2, -0.15) is 22.8 Å². The van der Waals surface area contributed by atoms with Crippen LogP contribution in [0.25, 0.3) is 16.8 Å². The molecule has 0 bridgehead atoms. The van der Waals surface area contributed by atoms with Crippen molar-refractivity contribution in [2.45, 2.75) is 20.0 Å². The topological polar surface area (TPSA) is 97.1 Å². The molecule has 0 aliphatic heterocycles. The Morgan fingerprint density at radius 2 is 1.84 bits per heavy atom. The summed E-state index contributed by atoms with van der Waals surface area (Å²) in [6, 6.07) is 9.42. The molecule has 0 fully saturated rings. The van der Waals surface area contributed by atoms with Gasteiger partial charge in [-0.3, -0.25) is 19.4 Å². The Balaban J connectivity index is 1.92. The van der Waals surface area contributed by atoms with Crippen LogP contribution < -0.4 is 10.9 Å². The molecule has 0 aliphatic rings. The molecule has 0 aliphatic carbocycles. The normalized spacial score (nSPS) is 11.8. The summed E-state index contributed by atoms with van der Waals surface area (Å²) in [7, 11) is 1.61. The molecule has 0 unspecified atom stereocenters. The Labute approximate surface area is 173 Å². The van der Waals surface area contributed by atoms with Gasteiger partial charge in [-0.15, -0.1) is 0 Å². The second-order valence-electron chi connectivity index (χ2n) is 7.01. The van der Waals surface area contributed by atoms with E-state index in [1.54, 1.807) is 38.2 Å². The smallest absolute Gasteiger partial charge is 0.307 e. The zero-order chi connectivity index (χ0) is 22.5. The minimum atomic E-state index is -4.77. The van der Waals surface area contributed by atoms with Gasteiger partial charge in [0.05, 0.1) is 17.0 Å². The number of aromatic nitrogens is 5. The van der Waals surface area contributed by atoms with Gasteiger partial charge in [0.15, 0.2) is 5.65 Å². The van der Waals surface area contributed by atoms with Crippen molar-refractivity contribution in [2.24, 2.45) is 7.05 Å². The summed E-state index contributed by atoms with van der Waals surface area (Å²) in [6.45, 7) is 3.13. The number of rotatable bonds is 3. The fraction of sp³-hybridized carbons (Fsp3) is 0.200. The summed E-state index contributed by atoms with van der Waals surface area (Å²) in [5, 5.41) is 8.74. The number of aromatic amines is 1. The highest BCUT2D eigenvalue weighted by molar-refractivity contribution is 6.04. The van der Waals surface area contributed by atoms with Crippen LogP contribution in [-0.4, -0.2) is 30.3 Å². The van der Waals surface area contributed by atoms with Crippen LogP contribution >= 0.6 is 0 Å². The highest BCUT2D eigenvalue weighted by Gasteiger charge is 2.38. The number of H-pyrrole nitrogens is 1. The number of hydrogen-bond donors (Lipinski definition) is 2. The van der Waals surface area contributed by atoms with E-state index in [0.717, 1.165) is 0 Å². The van der Waals surface area contributed by atoms with Crippen molar-refractivity contribution in [2.75, 3.05) is 5.32 Å². The van der Waals surface area contributed by atoms with Crippen LogP contribution in [0.4, 0.5) is 19.0 Å². The van der Waals surface area contributed by atoms with Crippen LogP contribution in [0.3, 0.4) is 0 Å². The Bertz CT molecular complexity index is 1370. The van der Waals surface area contributed by atoms with Gasteiger partial charge in [-0.25, -0.2) is 4.98 Å². The molecule has 1 amide bonds. The first kappa shape index (κ1) is 20.4. The average molecular weight is 430 g/mol. The first-order chi connectivity index (χ1) is 14.6. The van der Waals surface area contributed by atoms with Crippen molar-refractivity contribution in [3.05, 3.63) is 69.4 Å². The van der Waals surface area contributed by atoms with Gasteiger partial charge >= 0.3 is 6.18 Å². The third-order valence-electron chi connectivity index (χ3n) is 4.78. The van der Waals surface area contributed by atoms with E-state index in [2.05, 4.69) is 20.5 Å². The molecular formula is C20H17F3N6O2. The van der Waals surface area contributed by atoms with Gasteiger partial charge in [0, 0.05) is 13.1 Å². The minimum absolute atomic E-state index is 0.00583. The number of hydrogen-bond acceptors (Lipinski definition) is 4. The van der Waals surface area contributed by atoms with Gasteiger partial charge in [-0.1, -0.05) is 30.3 Å². The maximum atomic E-state index is 13.7. The van der Waals surface area contributed by atoms with Crippen molar-refractivity contribution in [3.63, 3.8) is 0 Å². The molecule has 1 aromatic carbocycles. The second kappa shape index (κ2) is 7.11. The average Bonchev–Trinajstić information content (AvgIpc) is 3.22. The van der Waals surface area contributed by atoms with E-state index >= 15 is 0 Å². The third-order valence-corrected chi connectivity index (χ3v) is 4.78. The zero-order valence-corrected chi connectivity index (χ0v) is 16.7. The third kappa shape index (κ3) is 3.47. The second-order valence-corrected chi connectivity index (χ2v) is 7.01. The summed E-state index contributed by atoms with van der Waals surface area (Å²) in [4.78, 5) is 30.0. The van der Waals surface area contributed by atoms with Crippen LogP contribution in [0.2, 0.25) is 0 Å². The Morgan fingerprint density at radius 3 is 2.42 bits per heavy atom. The molecule has 0 spiro atoms. The van der Waals surface area contributed by atoms with E-state index in [4.69, 9.17) is 0 Å². The SMILES string of the molecule is Cc1cc(NC(=O)c2c(C)nc3c(-c4ccccc4)c(C(F)(F)F)[nH]n3c2=O)n(C)n1. The summed E-state index contributed by atoms with van der Waals surface area (Å²) >= 11 is 0. The molecule has 11 heteroatoms. The summed E-state index contributed by atoms with van der Waals surface area (Å²) < 4.78 is 43.3. The first-order valence-electron chi connectivity index (χ1n) is 9.18. The predicted molar refractivity (Wildman–Crippen MR) is 107 cm³/mol. The molecule has 4 rings (SSSR count). The number of carbonyl (C=O) groups is 1. The summed E-state index contributed by atoms with van der Waals surface area (Å²) in [6.07, 6.45) is -4.77. The van der Waals surface area contributed by atoms with Crippen molar-refractivity contribution in [1.29, 1.82) is 0 Å². The van der Waals surface area contributed by atoms with Gasteiger partial charge < -0.3 is 5.32 Å². The van der Waals surface area contributed by atoms with Crippen LogP contribution in [0.5, 0.6) is 0 Å². The number of aryl methyl sites for hydroxylation is 3. The summed E-state index contributed by atoms with van der Waals surface area (Å²) in [5.74, 6) is -0.462. The Morgan fingerprint density at radius 1 is 1.16 bits per heavy atom. The largest absolute Gasteiger partial charge is 0.433 e. The number of benzene rings is 1. The Hall–Kier alpha value is -3.89. The molecule has 31 heavy (non-hydrogen) atoms. The quantitative estimate of drug-likeness (QED) is 0.521. The molecule has 0 saturated heterocycles. The Kier molecular flexibility index (Phi) is 4.68. The lowest BCUT2D eigenvalue weighted by Gasteiger charge is -2.08. The van der Waals surface area contributed by atoms with E-state index in [0.29, 0.717) is 16.0 Å². The lowest BCUT2D eigenvalue weighted by atomic mass is 10.1. The van der Waals surface area contributed by atoms with E-state index in [-0.39, 0.29) is 28.0 Å². The summed E-state index contributed by atoms with van der Waals surface area (Å²) in [5.41, 5.74) is -2.02. The predicted octanol–water partition coefficient (Wildman–Crippen LogP) is 3.31. The molecule has 4 aromatic rings. The van der Waals surface area contributed by atoms with Gasteiger partial charge in [0.2, 0.25) is 0 Å². The number of alkyl halides is 3. The maximum Gasteiger partial charge on any atom is 0.433 e. The molecule has 3 aromatic heterocycles. The van der Waals surface area contributed by atoms with Crippen molar-refractivity contribution in [3.8, 4) is 11.1 Å². The molecule has 3 heterocycles. The number of nitrogens with zero attached hydrogens (tertiary/aromatic N) is 4. The molecule has 0 radical (unpaired) electrons. The number of amides is 1. The van der Waals surface area contributed by atoms with Crippen molar-refractivity contribution < 1.29 is 18.0 Å². The molecule has 8 nitrogen and oxygen atoms in total. The highest BCUT2D eigenvalue weighted by atomic mass is 19.4. The zero-order valence-electron chi connectivity index (χ0n) is 16.7. The van der Waals surface area contributed by atoms with Crippen LogP contribution in [0.1, 0.15) is 27.4 Å². The van der Waals surface area contributed by atoms with Crippen LogP contribution in [0.15, 0.2) is 41.2 Å². The highest BCUT2D eigenvalue weighted by Crippen LogP contribution is 2.38. The molecule has 0 atom stereocenters. The van der Waals surface area contributed by atoms with Crippen LogP contribution in [0, 0.1) is 13.8 Å². The number of fused-ring (bicyclic) bond motifs is 1. The maximum absolute atomic E-state index is 13.7.